The van der Waals surface area contributed by atoms with E-state index in [2.05, 4.69) is 15.0 Å². The summed E-state index contributed by atoms with van der Waals surface area (Å²) in [6, 6.07) is 7.24. The molecule has 0 fully saturated rings. The number of H-pyrrole nitrogens is 2. The van der Waals surface area contributed by atoms with Gasteiger partial charge in [-0.1, -0.05) is 6.07 Å². The molecule has 1 aromatic carbocycles. The monoisotopic (exact) mass is 240 g/mol. The van der Waals surface area contributed by atoms with Gasteiger partial charge in [0.15, 0.2) is 11.3 Å². The van der Waals surface area contributed by atoms with Gasteiger partial charge in [0, 0.05) is 5.56 Å². The number of nitriles is 1. The predicted octanol–water partition coefficient (Wildman–Crippen LogP) is 1.69. The van der Waals surface area contributed by atoms with Crippen LogP contribution in [0.3, 0.4) is 0 Å². The van der Waals surface area contributed by atoms with Crippen LogP contribution in [0, 0.1) is 18.3 Å². The van der Waals surface area contributed by atoms with Crippen LogP contribution in [0.5, 0.6) is 0 Å². The Kier molecular flexibility index (Phi) is 2.07. The van der Waals surface area contributed by atoms with Crippen LogP contribution in [0.1, 0.15) is 11.5 Å². The summed E-state index contributed by atoms with van der Waals surface area (Å²) in [4.78, 5) is 20.7. The Balaban J connectivity index is 2.25. The molecular weight excluding hydrogens is 232 g/mol. The SMILES string of the molecule is Cc1nc(C#N)c(-c2ccc3[nH]c(=O)oc3c2)[nH]1. The average molecular weight is 240 g/mol. The standard InChI is InChI=1S/C12H8N4O2/c1-6-14-9(5-13)11(15-6)7-2-3-8-10(4-7)18-12(17)16-8/h2-4H,1H3,(H,14,15)(H,16,17). The Hall–Kier alpha value is -2.81. The number of oxazole rings is 1. The smallest absolute Gasteiger partial charge is 0.408 e. The topological polar surface area (TPSA) is 98.5 Å². The van der Waals surface area contributed by atoms with Crippen LogP contribution in [-0.4, -0.2) is 15.0 Å². The second-order valence-corrected chi connectivity index (χ2v) is 3.88. The van der Waals surface area contributed by atoms with E-state index < -0.39 is 5.76 Å². The van der Waals surface area contributed by atoms with Gasteiger partial charge in [-0.25, -0.2) is 9.78 Å². The molecule has 2 heterocycles. The van der Waals surface area contributed by atoms with Gasteiger partial charge in [0.2, 0.25) is 0 Å². The lowest BCUT2D eigenvalue weighted by molar-refractivity contribution is 0.555. The lowest BCUT2D eigenvalue weighted by atomic mass is 10.1. The summed E-state index contributed by atoms with van der Waals surface area (Å²) in [5.74, 6) is 0.167. The zero-order valence-corrected chi connectivity index (χ0v) is 9.44. The molecule has 3 aromatic rings. The highest BCUT2D eigenvalue weighted by molar-refractivity contribution is 5.80. The second kappa shape index (κ2) is 3.60. The number of aromatic nitrogens is 3. The van der Waals surface area contributed by atoms with Gasteiger partial charge in [-0.05, 0) is 19.1 Å². The number of benzene rings is 1. The highest BCUT2D eigenvalue weighted by atomic mass is 16.4. The van der Waals surface area contributed by atoms with Crippen molar-refractivity contribution in [3.8, 4) is 17.3 Å². The number of aryl methyl sites for hydroxylation is 1. The van der Waals surface area contributed by atoms with Gasteiger partial charge >= 0.3 is 5.76 Å². The van der Waals surface area contributed by atoms with E-state index in [0.717, 1.165) is 5.56 Å². The molecule has 0 radical (unpaired) electrons. The predicted molar refractivity (Wildman–Crippen MR) is 63.9 cm³/mol. The van der Waals surface area contributed by atoms with Crippen molar-refractivity contribution >= 4 is 11.1 Å². The molecule has 0 amide bonds. The number of nitrogens with one attached hydrogen (secondary N) is 2. The Bertz CT molecular complexity index is 832. The maximum absolute atomic E-state index is 11.1. The van der Waals surface area contributed by atoms with E-state index in [4.69, 9.17) is 9.68 Å². The van der Waals surface area contributed by atoms with Crippen molar-refractivity contribution in [2.24, 2.45) is 0 Å². The maximum atomic E-state index is 11.1. The fourth-order valence-corrected chi connectivity index (χ4v) is 1.88. The molecule has 0 aliphatic carbocycles. The molecule has 0 spiro atoms. The zero-order valence-electron chi connectivity index (χ0n) is 9.44. The summed E-state index contributed by atoms with van der Waals surface area (Å²) in [7, 11) is 0. The van der Waals surface area contributed by atoms with E-state index in [-0.39, 0.29) is 0 Å². The van der Waals surface area contributed by atoms with Gasteiger partial charge in [-0.3, -0.25) is 4.98 Å². The summed E-state index contributed by atoms with van der Waals surface area (Å²) in [5, 5.41) is 9.00. The van der Waals surface area contributed by atoms with Crippen molar-refractivity contribution in [1.82, 2.24) is 15.0 Å². The molecule has 2 aromatic heterocycles. The molecule has 6 nitrogen and oxygen atoms in total. The Morgan fingerprint density at radius 2 is 2.22 bits per heavy atom. The van der Waals surface area contributed by atoms with Crippen LogP contribution in [0.2, 0.25) is 0 Å². The first-order valence-corrected chi connectivity index (χ1v) is 5.27. The second-order valence-electron chi connectivity index (χ2n) is 3.88. The van der Waals surface area contributed by atoms with Crippen LogP contribution >= 0.6 is 0 Å². The van der Waals surface area contributed by atoms with Gasteiger partial charge in [0.25, 0.3) is 0 Å². The number of hydrogen-bond acceptors (Lipinski definition) is 4. The molecule has 6 heteroatoms. The minimum Gasteiger partial charge on any atom is -0.408 e. The number of hydrogen-bond donors (Lipinski definition) is 2. The molecule has 3 rings (SSSR count). The normalized spacial score (nSPS) is 10.7. The van der Waals surface area contributed by atoms with Gasteiger partial charge in [-0.2, -0.15) is 5.26 Å². The summed E-state index contributed by atoms with van der Waals surface area (Å²) in [6.45, 7) is 1.78. The molecule has 0 saturated carbocycles. The minimum absolute atomic E-state index is 0.324. The molecule has 0 aliphatic heterocycles. The number of fused-ring (bicyclic) bond motifs is 1. The number of nitrogens with zero attached hydrogens (tertiary/aromatic N) is 2. The maximum Gasteiger partial charge on any atom is 0.417 e. The fraction of sp³-hybridized carbons (Fsp3) is 0.0833. The highest BCUT2D eigenvalue weighted by Crippen LogP contribution is 2.24. The van der Waals surface area contributed by atoms with Gasteiger partial charge < -0.3 is 9.40 Å². The number of imidazole rings is 1. The molecule has 0 atom stereocenters. The molecular formula is C12H8N4O2. The van der Waals surface area contributed by atoms with Crippen molar-refractivity contribution in [3.63, 3.8) is 0 Å². The molecule has 0 saturated heterocycles. The van der Waals surface area contributed by atoms with Crippen LogP contribution in [0.15, 0.2) is 27.4 Å². The van der Waals surface area contributed by atoms with Crippen molar-refractivity contribution in [2.45, 2.75) is 6.92 Å². The molecule has 88 valence electrons. The number of aromatic amines is 2. The lowest BCUT2D eigenvalue weighted by Crippen LogP contribution is -1.92. The van der Waals surface area contributed by atoms with Crippen molar-refractivity contribution in [3.05, 3.63) is 40.3 Å². The molecule has 0 aliphatic rings. The molecule has 0 unspecified atom stereocenters. The van der Waals surface area contributed by atoms with E-state index in [1.807, 2.05) is 6.07 Å². The minimum atomic E-state index is -0.497. The highest BCUT2D eigenvalue weighted by Gasteiger charge is 2.11. The number of rotatable bonds is 1. The summed E-state index contributed by atoms with van der Waals surface area (Å²) in [5.41, 5.74) is 2.78. The van der Waals surface area contributed by atoms with Crippen LogP contribution in [0.25, 0.3) is 22.4 Å². The van der Waals surface area contributed by atoms with Crippen LogP contribution in [0.4, 0.5) is 0 Å². The van der Waals surface area contributed by atoms with Crippen LogP contribution in [-0.2, 0) is 0 Å². The first kappa shape index (κ1) is 10.4. The Labute approximate surface area is 101 Å². The van der Waals surface area contributed by atoms with E-state index in [1.54, 1.807) is 25.1 Å². The molecule has 2 N–H and O–H groups in total. The van der Waals surface area contributed by atoms with Gasteiger partial charge in [-0.15, -0.1) is 0 Å². The lowest BCUT2D eigenvalue weighted by Gasteiger charge is -1.97. The third-order valence-corrected chi connectivity index (χ3v) is 2.64. The van der Waals surface area contributed by atoms with Crippen molar-refractivity contribution < 1.29 is 4.42 Å². The summed E-state index contributed by atoms with van der Waals surface area (Å²) >= 11 is 0. The van der Waals surface area contributed by atoms with Crippen LogP contribution < -0.4 is 5.76 Å². The average Bonchev–Trinajstić information content (AvgIpc) is 2.89. The Morgan fingerprint density at radius 1 is 1.39 bits per heavy atom. The quantitative estimate of drug-likeness (QED) is 0.676. The van der Waals surface area contributed by atoms with E-state index >= 15 is 0 Å². The first-order chi connectivity index (χ1) is 8.67. The van der Waals surface area contributed by atoms with Crippen molar-refractivity contribution in [1.29, 1.82) is 5.26 Å². The Morgan fingerprint density at radius 3 is 3.00 bits per heavy atom. The van der Waals surface area contributed by atoms with E-state index in [1.165, 1.54) is 0 Å². The zero-order chi connectivity index (χ0) is 12.7. The third-order valence-electron chi connectivity index (χ3n) is 2.64. The molecule has 0 bridgehead atoms. The van der Waals surface area contributed by atoms with E-state index in [9.17, 15) is 4.79 Å². The largest absolute Gasteiger partial charge is 0.417 e. The van der Waals surface area contributed by atoms with E-state index in [0.29, 0.717) is 28.3 Å². The van der Waals surface area contributed by atoms with Gasteiger partial charge in [0.05, 0.1) is 11.2 Å². The third kappa shape index (κ3) is 1.50. The fourth-order valence-electron chi connectivity index (χ4n) is 1.88. The summed E-state index contributed by atoms with van der Waals surface area (Å²) < 4.78 is 4.98. The van der Waals surface area contributed by atoms with Crippen molar-refractivity contribution in [2.75, 3.05) is 0 Å². The molecule has 18 heavy (non-hydrogen) atoms. The van der Waals surface area contributed by atoms with Gasteiger partial charge in [0.1, 0.15) is 11.9 Å². The summed E-state index contributed by atoms with van der Waals surface area (Å²) in [6.07, 6.45) is 0. The first-order valence-electron chi connectivity index (χ1n) is 5.27.